The molecule has 0 heterocycles. The number of aliphatic hydroxyl groups is 2. The normalized spacial score (nSPS) is 14.1. The fourth-order valence-corrected chi connectivity index (χ4v) is 1.52. The lowest BCUT2D eigenvalue weighted by Crippen LogP contribution is -2.23. The summed E-state index contributed by atoms with van der Waals surface area (Å²) in [5, 5.41) is 31.0. The molecule has 0 spiro atoms. The van der Waals surface area contributed by atoms with Crippen molar-refractivity contribution in [2.24, 2.45) is 0 Å². The smallest absolute Gasteiger partial charge is 0.124 e. The molecule has 0 saturated heterocycles. The number of rotatable bonds is 5. The van der Waals surface area contributed by atoms with Gasteiger partial charge in [-0.25, -0.2) is 4.39 Å². The zero-order chi connectivity index (χ0) is 12.8. The molecule has 0 saturated carbocycles. The van der Waals surface area contributed by atoms with Crippen molar-refractivity contribution in [3.8, 4) is 6.07 Å². The summed E-state index contributed by atoms with van der Waals surface area (Å²) < 4.78 is 13.1. The van der Waals surface area contributed by atoms with Gasteiger partial charge in [-0.1, -0.05) is 0 Å². The Morgan fingerprint density at radius 1 is 1.41 bits per heavy atom. The van der Waals surface area contributed by atoms with Gasteiger partial charge in [0.25, 0.3) is 0 Å². The lowest BCUT2D eigenvalue weighted by atomic mass is 10.00. The average molecular weight is 238 g/mol. The van der Waals surface area contributed by atoms with Crippen molar-refractivity contribution < 1.29 is 14.6 Å². The average Bonchev–Trinajstić information content (AvgIpc) is 2.34. The largest absolute Gasteiger partial charge is 0.390 e. The number of aliphatic hydroxyl groups excluding tert-OH is 2. The van der Waals surface area contributed by atoms with E-state index in [1.807, 2.05) is 0 Å². The highest BCUT2D eigenvalue weighted by Gasteiger charge is 2.19. The number of hydrogen-bond acceptors (Lipinski definition) is 4. The van der Waals surface area contributed by atoms with Crippen molar-refractivity contribution in [2.45, 2.75) is 18.6 Å². The van der Waals surface area contributed by atoms with Gasteiger partial charge in [0.05, 0.1) is 17.7 Å². The Morgan fingerprint density at radius 2 is 2.12 bits per heavy atom. The van der Waals surface area contributed by atoms with Crippen LogP contribution in [0, 0.1) is 17.1 Å². The molecular weight excluding hydrogens is 223 g/mol. The van der Waals surface area contributed by atoms with Crippen LogP contribution in [0.4, 0.5) is 4.39 Å². The van der Waals surface area contributed by atoms with Crippen LogP contribution in [0.15, 0.2) is 18.2 Å². The minimum atomic E-state index is -1.19. The van der Waals surface area contributed by atoms with Crippen LogP contribution in [0.3, 0.4) is 0 Å². The second kappa shape index (κ2) is 6.30. The number of nitrogens with zero attached hydrogens (tertiary/aromatic N) is 1. The van der Waals surface area contributed by atoms with E-state index in [0.29, 0.717) is 13.0 Å². The molecule has 2 atom stereocenters. The molecule has 0 radical (unpaired) electrons. The van der Waals surface area contributed by atoms with Crippen molar-refractivity contribution in [1.82, 2.24) is 5.32 Å². The maximum absolute atomic E-state index is 13.1. The molecule has 0 bridgehead atoms. The monoisotopic (exact) mass is 238 g/mol. The summed E-state index contributed by atoms with van der Waals surface area (Å²) in [5.41, 5.74) is 0.338. The van der Waals surface area contributed by atoms with E-state index in [9.17, 15) is 14.6 Å². The van der Waals surface area contributed by atoms with Gasteiger partial charge < -0.3 is 15.5 Å². The maximum atomic E-state index is 13.1. The summed E-state index contributed by atoms with van der Waals surface area (Å²) in [6, 6.07) is 5.37. The lowest BCUT2D eigenvalue weighted by molar-refractivity contribution is 0.0139. The quantitative estimate of drug-likeness (QED) is 0.705. The van der Waals surface area contributed by atoms with E-state index in [2.05, 4.69) is 5.32 Å². The van der Waals surface area contributed by atoms with Crippen molar-refractivity contribution in [1.29, 1.82) is 5.26 Å². The predicted octanol–water partition coefficient (Wildman–Crippen LogP) is 0.701. The molecular formula is C12H15FN2O2. The standard InChI is InChI=1S/C12H15FN2O2/c1-15-3-2-11(16)12(17)9-4-8(7-14)5-10(13)6-9/h4-6,11-12,15-17H,2-3H2,1H3. The van der Waals surface area contributed by atoms with Crippen molar-refractivity contribution in [3.63, 3.8) is 0 Å². The second-order valence-electron chi connectivity index (χ2n) is 3.79. The van der Waals surface area contributed by atoms with Gasteiger partial charge in [0, 0.05) is 0 Å². The number of nitrogens with one attached hydrogen (secondary N) is 1. The van der Waals surface area contributed by atoms with Gasteiger partial charge >= 0.3 is 0 Å². The summed E-state index contributed by atoms with van der Waals surface area (Å²) >= 11 is 0. The fourth-order valence-electron chi connectivity index (χ4n) is 1.52. The van der Waals surface area contributed by atoms with Gasteiger partial charge in [0.15, 0.2) is 0 Å². The molecule has 5 heteroatoms. The summed E-state index contributed by atoms with van der Waals surface area (Å²) in [7, 11) is 1.73. The molecule has 0 aliphatic carbocycles. The SMILES string of the molecule is CNCCC(O)C(O)c1cc(F)cc(C#N)c1. The summed E-state index contributed by atoms with van der Waals surface area (Å²) in [6.45, 7) is 0.540. The van der Waals surface area contributed by atoms with Crippen molar-refractivity contribution >= 4 is 0 Å². The van der Waals surface area contributed by atoms with Crippen LogP contribution < -0.4 is 5.32 Å². The maximum Gasteiger partial charge on any atom is 0.124 e. The van der Waals surface area contributed by atoms with Crippen LogP contribution >= 0.6 is 0 Å². The van der Waals surface area contributed by atoms with Crippen LogP contribution in [0.5, 0.6) is 0 Å². The summed E-state index contributed by atoms with van der Waals surface area (Å²) in [5.74, 6) is -0.598. The third kappa shape index (κ3) is 3.79. The number of nitriles is 1. The molecule has 4 nitrogen and oxygen atoms in total. The Labute approximate surface area is 99.3 Å². The van der Waals surface area contributed by atoms with Crippen LogP contribution in [-0.4, -0.2) is 29.9 Å². The van der Waals surface area contributed by atoms with Gasteiger partial charge in [-0.3, -0.25) is 0 Å². The van der Waals surface area contributed by atoms with Crippen molar-refractivity contribution in [3.05, 3.63) is 35.1 Å². The molecule has 0 amide bonds. The van der Waals surface area contributed by atoms with Crippen LogP contribution in [-0.2, 0) is 0 Å². The Kier molecular flexibility index (Phi) is 5.04. The molecule has 0 aromatic heterocycles. The molecule has 0 aliphatic heterocycles. The van der Waals surface area contributed by atoms with Gasteiger partial charge in [-0.2, -0.15) is 5.26 Å². The first-order valence-electron chi connectivity index (χ1n) is 5.29. The Balaban J connectivity index is 2.84. The highest BCUT2D eigenvalue weighted by atomic mass is 19.1. The van der Waals surface area contributed by atoms with Crippen LogP contribution in [0.25, 0.3) is 0 Å². The molecule has 92 valence electrons. The van der Waals surface area contributed by atoms with Gasteiger partial charge in [-0.05, 0) is 43.8 Å². The fraction of sp³-hybridized carbons (Fsp3) is 0.417. The highest BCUT2D eigenvalue weighted by Crippen LogP contribution is 2.21. The molecule has 1 aromatic rings. The third-order valence-corrected chi connectivity index (χ3v) is 2.45. The number of halogens is 1. The van der Waals surface area contributed by atoms with Crippen LogP contribution in [0.2, 0.25) is 0 Å². The van der Waals surface area contributed by atoms with Gasteiger partial charge in [-0.15, -0.1) is 0 Å². The first-order valence-corrected chi connectivity index (χ1v) is 5.29. The molecule has 2 unspecified atom stereocenters. The number of benzene rings is 1. The zero-order valence-corrected chi connectivity index (χ0v) is 9.52. The van der Waals surface area contributed by atoms with E-state index in [-0.39, 0.29) is 11.1 Å². The molecule has 17 heavy (non-hydrogen) atoms. The topological polar surface area (TPSA) is 76.3 Å². The Hall–Kier alpha value is -1.48. The first kappa shape index (κ1) is 13.6. The summed E-state index contributed by atoms with van der Waals surface area (Å²) in [4.78, 5) is 0. The van der Waals surface area contributed by atoms with Gasteiger partial charge in [0.1, 0.15) is 11.9 Å². The molecule has 0 aliphatic rings. The Morgan fingerprint density at radius 3 is 2.71 bits per heavy atom. The van der Waals surface area contributed by atoms with Crippen molar-refractivity contribution in [2.75, 3.05) is 13.6 Å². The minimum Gasteiger partial charge on any atom is -0.390 e. The zero-order valence-electron chi connectivity index (χ0n) is 9.52. The van der Waals surface area contributed by atoms with E-state index in [4.69, 9.17) is 5.26 Å². The minimum absolute atomic E-state index is 0.125. The molecule has 1 rings (SSSR count). The predicted molar refractivity (Wildman–Crippen MR) is 60.6 cm³/mol. The summed E-state index contributed by atoms with van der Waals surface area (Å²) in [6.07, 6.45) is -1.84. The molecule has 0 fully saturated rings. The third-order valence-electron chi connectivity index (χ3n) is 2.45. The second-order valence-corrected chi connectivity index (χ2v) is 3.79. The highest BCUT2D eigenvalue weighted by molar-refractivity contribution is 5.34. The van der Waals surface area contributed by atoms with E-state index in [0.717, 1.165) is 12.1 Å². The number of hydrogen-bond donors (Lipinski definition) is 3. The van der Waals surface area contributed by atoms with E-state index in [1.165, 1.54) is 6.07 Å². The van der Waals surface area contributed by atoms with E-state index in [1.54, 1.807) is 13.1 Å². The Bertz CT molecular complexity index is 417. The molecule has 3 N–H and O–H groups in total. The van der Waals surface area contributed by atoms with Crippen LogP contribution in [0.1, 0.15) is 23.7 Å². The lowest BCUT2D eigenvalue weighted by Gasteiger charge is -2.18. The van der Waals surface area contributed by atoms with E-state index < -0.39 is 18.0 Å². The van der Waals surface area contributed by atoms with E-state index >= 15 is 0 Å². The molecule has 1 aromatic carbocycles. The first-order chi connectivity index (χ1) is 8.08. The van der Waals surface area contributed by atoms with Gasteiger partial charge in [0.2, 0.25) is 0 Å².